The number of nitrogens with one attached hydrogen (secondary N) is 1. The molecule has 1 aliphatic heterocycles. The first kappa shape index (κ1) is 21.4. The van der Waals surface area contributed by atoms with Crippen LogP contribution in [0.5, 0.6) is 0 Å². The molecule has 0 unspecified atom stereocenters. The normalized spacial score (nSPS) is 14.9. The number of nitrogens with zero attached hydrogens (tertiary/aromatic N) is 3. The molecule has 5 heteroatoms. The van der Waals surface area contributed by atoms with Crippen molar-refractivity contribution in [1.82, 2.24) is 9.78 Å². The van der Waals surface area contributed by atoms with Gasteiger partial charge in [-0.1, -0.05) is 26.7 Å². The summed E-state index contributed by atoms with van der Waals surface area (Å²) in [5.41, 5.74) is 5.56. The lowest BCUT2D eigenvalue weighted by Gasteiger charge is -2.22. The number of carbonyl (C=O) groups is 1. The van der Waals surface area contributed by atoms with Crippen LogP contribution in [0.2, 0.25) is 0 Å². The number of aryl methyl sites for hydroxylation is 1. The largest absolute Gasteiger partial charge is 0.372 e. The molecule has 0 saturated carbocycles. The minimum atomic E-state index is 0.0583. The summed E-state index contributed by atoms with van der Waals surface area (Å²) in [6, 6.07) is 8.31. The zero-order chi connectivity index (χ0) is 20.8. The fourth-order valence-corrected chi connectivity index (χ4v) is 4.17. The van der Waals surface area contributed by atoms with Gasteiger partial charge in [0.05, 0.1) is 5.69 Å². The average Bonchev–Trinajstić information content (AvgIpc) is 2.86. The standard InChI is InChI=1S/C24H36N4O/c1-18(2)17-28-20(4)23(19(3)26-28)13-14-24(29)25-21-9-11-22(12-10-21)27-15-7-5-6-8-16-27/h9-12,18H,5-8,13-17H2,1-4H3,(H,25,29). The summed E-state index contributed by atoms with van der Waals surface area (Å²) in [6.45, 7) is 11.7. The quantitative estimate of drug-likeness (QED) is 0.708. The Kier molecular flexibility index (Phi) is 7.34. The van der Waals surface area contributed by atoms with E-state index in [0.29, 0.717) is 12.3 Å². The number of hydrogen-bond acceptors (Lipinski definition) is 3. The summed E-state index contributed by atoms with van der Waals surface area (Å²) in [4.78, 5) is 14.9. The van der Waals surface area contributed by atoms with Gasteiger partial charge in [-0.05, 0) is 68.9 Å². The van der Waals surface area contributed by atoms with Crippen LogP contribution >= 0.6 is 0 Å². The van der Waals surface area contributed by atoms with Gasteiger partial charge >= 0.3 is 0 Å². The van der Waals surface area contributed by atoms with Crippen molar-refractivity contribution in [3.05, 3.63) is 41.2 Å². The van der Waals surface area contributed by atoms with Gasteiger partial charge in [0, 0.05) is 43.1 Å². The van der Waals surface area contributed by atoms with Crippen LogP contribution in [0.25, 0.3) is 0 Å². The minimum Gasteiger partial charge on any atom is -0.372 e. The maximum atomic E-state index is 12.5. The molecule has 0 radical (unpaired) electrons. The van der Waals surface area contributed by atoms with E-state index in [1.165, 1.54) is 42.6 Å². The Balaban J connectivity index is 1.54. The molecule has 29 heavy (non-hydrogen) atoms. The number of rotatable bonds is 7. The molecule has 5 nitrogen and oxygen atoms in total. The number of carbonyl (C=O) groups excluding carboxylic acids is 1. The van der Waals surface area contributed by atoms with Crippen LogP contribution in [0, 0.1) is 19.8 Å². The van der Waals surface area contributed by atoms with Crippen LogP contribution < -0.4 is 10.2 Å². The SMILES string of the molecule is Cc1nn(CC(C)C)c(C)c1CCC(=O)Nc1ccc(N2CCCCCC2)cc1. The second-order valence-corrected chi connectivity index (χ2v) is 8.72. The van der Waals surface area contributed by atoms with Crippen LogP contribution in [0.1, 0.15) is 62.9 Å². The zero-order valence-corrected chi connectivity index (χ0v) is 18.5. The highest BCUT2D eigenvalue weighted by molar-refractivity contribution is 5.91. The molecule has 1 aliphatic rings. The first-order chi connectivity index (χ1) is 13.9. The molecule has 158 valence electrons. The maximum absolute atomic E-state index is 12.5. The van der Waals surface area contributed by atoms with Crippen LogP contribution in [0.4, 0.5) is 11.4 Å². The van der Waals surface area contributed by atoms with Crippen molar-refractivity contribution in [2.45, 2.75) is 72.8 Å². The van der Waals surface area contributed by atoms with Crippen molar-refractivity contribution in [2.24, 2.45) is 5.92 Å². The van der Waals surface area contributed by atoms with E-state index < -0.39 is 0 Å². The molecular formula is C24H36N4O. The third-order valence-corrected chi connectivity index (χ3v) is 5.79. The van der Waals surface area contributed by atoms with Gasteiger partial charge in [-0.25, -0.2) is 0 Å². The number of anilines is 2. The van der Waals surface area contributed by atoms with Crippen LogP contribution in [-0.2, 0) is 17.8 Å². The predicted octanol–water partition coefficient (Wildman–Crippen LogP) is 5.11. The van der Waals surface area contributed by atoms with Crippen molar-refractivity contribution < 1.29 is 4.79 Å². The molecule has 1 fully saturated rings. The molecule has 0 aliphatic carbocycles. The Labute approximate surface area is 175 Å². The summed E-state index contributed by atoms with van der Waals surface area (Å²) < 4.78 is 2.08. The van der Waals surface area contributed by atoms with Gasteiger partial charge in [0.1, 0.15) is 0 Å². The highest BCUT2D eigenvalue weighted by Crippen LogP contribution is 2.22. The van der Waals surface area contributed by atoms with Crippen molar-refractivity contribution >= 4 is 17.3 Å². The molecule has 1 N–H and O–H groups in total. The second-order valence-electron chi connectivity index (χ2n) is 8.72. The second kappa shape index (κ2) is 9.95. The lowest BCUT2D eigenvalue weighted by Crippen LogP contribution is -2.23. The van der Waals surface area contributed by atoms with Crippen LogP contribution in [0.15, 0.2) is 24.3 Å². The van der Waals surface area contributed by atoms with Gasteiger partial charge in [0.2, 0.25) is 5.91 Å². The van der Waals surface area contributed by atoms with E-state index in [4.69, 9.17) is 0 Å². The molecule has 1 aromatic heterocycles. The van der Waals surface area contributed by atoms with E-state index in [2.05, 4.69) is 52.9 Å². The van der Waals surface area contributed by atoms with Crippen LogP contribution in [-0.4, -0.2) is 28.8 Å². The summed E-state index contributed by atoms with van der Waals surface area (Å²) in [7, 11) is 0. The van der Waals surface area contributed by atoms with E-state index in [-0.39, 0.29) is 5.91 Å². The van der Waals surface area contributed by atoms with Gasteiger partial charge in [0.25, 0.3) is 0 Å². The molecule has 2 heterocycles. The predicted molar refractivity (Wildman–Crippen MR) is 121 cm³/mol. The lowest BCUT2D eigenvalue weighted by molar-refractivity contribution is -0.116. The fourth-order valence-electron chi connectivity index (χ4n) is 4.17. The number of hydrogen-bond donors (Lipinski definition) is 1. The molecule has 1 amide bonds. The molecule has 1 aromatic carbocycles. The molecule has 0 atom stereocenters. The first-order valence-corrected chi connectivity index (χ1v) is 11.1. The molecule has 1 saturated heterocycles. The average molecular weight is 397 g/mol. The number of amides is 1. The summed E-state index contributed by atoms with van der Waals surface area (Å²) in [6.07, 6.45) is 6.41. The minimum absolute atomic E-state index is 0.0583. The first-order valence-electron chi connectivity index (χ1n) is 11.1. The Morgan fingerprint density at radius 3 is 2.34 bits per heavy atom. The van der Waals surface area contributed by atoms with Gasteiger partial charge in [0.15, 0.2) is 0 Å². The topological polar surface area (TPSA) is 50.2 Å². The summed E-state index contributed by atoms with van der Waals surface area (Å²) in [5.74, 6) is 0.615. The Morgan fingerprint density at radius 1 is 1.07 bits per heavy atom. The third kappa shape index (κ3) is 5.84. The van der Waals surface area contributed by atoms with Gasteiger partial charge < -0.3 is 10.2 Å². The molecule has 3 rings (SSSR count). The van der Waals surface area contributed by atoms with Gasteiger partial charge in [-0.15, -0.1) is 0 Å². The molecule has 0 bridgehead atoms. The van der Waals surface area contributed by atoms with Crippen molar-refractivity contribution in [3.63, 3.8) is 0 Å². The van der Waals surface area contributed by atoms with Crippen LogP contribution in [0.3, 0.4) is 0 Å². The molecule has 2 aromatic rings. The Hall–Kier alpha value is -2.30. The smallest absolute Gasteiger partial charge is 0.224 e. The molecular weight excluding hydrogens is 360 g/mol. The summed E-state index contributed by atoms with van der Waals surface area (Å²) in [5, 5.41) is 7.70. The van der Waals surface area contributed by atoms with Crippen molar-refractivity contribution in [1.29, 1.82) is 0 Å². The third-order valence-electron chi connectivity index (χ3n) is 5.79. The lowest BCUT2D eigenvalue weighted by atomic mass is 10.1. The zero-order valence-electron chi connectivity index (χ0n) is 18.5. The van der Waals surface area contributed by atoms with Gasteiger partial charge in [-0.2, -0.15) is 5.10 Å². The Morgan fingerprint density at radius 2 is 1.72 bits per heavy atom. The van der Waals surface area contributed by atoms with E-state index >= 15 is 0 Å². The van der Waals surface area contributed by atoms with E-state index in [9.17, 15) is 4.79 Å². The van der Waals surface area contributed by atoms with E-state index in [1.807, 2.05) is 19.1 Å². The monoisotopic (exact) mass is 396 g/mol. The maximum Gasteiger partial charge on any atom is 0.224 e. The van der Waals surface area contributed by atoms with E-state index in [0.717, 1.165) is 37.4 Å². The van der Waals surface area contributed by atoms with Crippen molar-refractivity contribution in [2.75, 3.05) is 23.3 Å². The molecule has 0 spiro atoms. The van der Waals surface area contributed by atoms with Crippen molar-refractivity contribution in [3.8, 4) is 0 Å². The number of aromatic nitrogens is 2. The summed E-state index contributed by atoms with van der Waals surface area (Å²) >= 11 is 0. The fraction of sp³-hybridized carbons (Fsp3) is 0.583. The van der Waals surface area contributed by atoms with Gasteiger partial charge in [-0.3, -0.25) is 9.48 Å². The van der Waals surface area contributed by atoms with E-state index in [1.54, 1.807) is 0 Å². The highest BCUT2D eigenvalue weighted by Gasteiger charge is 2.14. The highest BCUT2D eigenvalue weighted by atomic mass is 16.1. The number of benzene rings is 1. The Bertz CT molecular complexity index is 799.